The number of H-pyrrole nitrogens is 1. The van der Waals surface area contributed by atoms with Gasteiger partial charge in [-0.25, -0.2) is 13.6 Å². The molecule has 0 bridgehead atoms. The van der Waals surface area contributed by atoms with Crippen molar-refractivity contribution in [3.63, 3.8) is 0 Å². The third-order valence-electron chi connectivity index (χ3n) is 7.98. The lowest BCUT2D eigenvalue weighted by molar-refractivity contribution is -0.0968. The number of rotatable bonds is 6. The maximum atomic E-state index is 13.3. The zero-order chi connectivity index (χ0) is 24.0. The Kier molecular flexibility index (Phi) is 5.84. The number of likely N-dealkylation sites (tertiary alicyclic amines) is 1. The summed E-state index contributed by atoms with van der Waals surface area (Å²) >= 11 is 0. The van der Waals surface area contributed by atoms with Crippen molar-refractivity contribution in [2.45, 2.75) is 51.6 Å². The minimum absolute atomic E-state index is 0.0234. The maximum Gasteiger partial charge on any atom is 0.335 e. The van der Waals surface area contributed by atoms with Gasteiger partial charge in [0.2, 0.25) is 6.43 Å². The fourth-order valence-electron chi connectivity index (χ4n) is 6.13. The highest BCUT2D eigenvalue weighted by atomic mass is 19.3. The number of alkyl halides is 2. The number of aromatic amines is 1. The fourth-order valence-corrected chi connectivity index (χ4v) is 6.13. The van der Waals surface area contributed by atoms with Gasteiger partial charge in [-0.1, -0.05) is 12.1 Å². The Morgan fingerprint density at radius 2 is 1.97 bits per heavy atom. The molecule has 7 heteroatoms. The second-order valence-corrected chi connectivity index (χ2v) is 10.0. The zero-order valence-corrected chi connectivity index (χ0v) is 19.5. The van der Waals surface area contributed by atoms with Crippen LogP contribution in [0.25, 0.3) is 10.9 Å². The van der Waals surface area contributed by atoms with E-state index in [-0.39, 0.29) is 17.0 Å². The summed E-state index contributed by atoms with van der Waals surface area (Å²) in [6, 6.07) is 11.2. The number of hydrogen-bond acceptors (Lipinski definition) is 3. The molecule has 3 aromatic rings. The van der Waals surface area contributed by atoms with E-state index in [2.05, 4.69) is 28.9 Å². The average Bonchev–Trinajstić information content (AvgIpc) is 3.30. The molecule has 1 atom stereocenters. The topological polar surface area (TPSA) is 65.6 Å². The summed E-state index contributed by atoms with van der Waals surface area (Å²) in [5.74, 6) is -0.619. The minimum atomic E-state index is -2.25. The van der Waals surface area contributed by atoms with Crippen LogP contribution in [0, 0.1) is 18.3 Å². The van der Waals surface area contributed by atoms with Crippen molar-refractivity contribution in [3.05, 3.63) is 64.8 Å². The number of piperidine rings is 1. The van der Waals surface area contributed by atoms with Crippen LogP contribution in [0.3, 0.4) is 0 Å². The number of aryl methyl sites for hydroxylation is 1. The molecule has 2 fully saturated rings. The molecule has 5 rings (SSSR count). The van der Waals surface area contributed by atoms with Crippen molar-refractivity contribution in [2.24, 2.45) is 11.3 Å². The lowest BCUT2D eigenvalue weighted by atomic mass is 9.56. The summed E-state index contributed by atoms with van der Waals surface area (Å²) in [6.45, 7) is 3.51. The van der Waals surface area contributed by atoms with Crippen molar-refractivity contribution in [2.75, 3.05) is 13.7 Å². The molecule has 1 unspecified atom stereocenters. The fraction of sp³-hybridized carbons (Fsp3) is 0.444. The van der Waals surface area contributed by atoms with Gasteiger partial charge < -0.3 is 14.8 Å². The standard InChI is InChI=1S/C27H30F2N2O3/c1-16-11-23(34-2)21(20-7-9-30-24(16)20)15-31-10-8-27(12-19(13-27)25(28)29)14-22(31)17-3-5-18(6-4-17)26(32)33/h3-7,9,11,19,22,25,30H,8,10,12-15H2,1-2H3,(H,32,33). The number of halogens is 2. The smallest absolute Gasteiger partial charge is 0.335 e. The van der Waals surface area contributed by atoms with Crippen molar-refractivity contribution in [1.29, 1.82) is 0 Å². The van der Waals surface area contributed by atoms with Gasteiger partial charge in [0.15, 0.2) is 0 Å². The summed E-state index contributed by atoms with van der Waals surface area (Å²) in [7, 11) is 1.68. The van der Waals surface area contributed by atoms with Gasteiger partial charge in [-0.3, -0.25) is 4.90 Å². The summed E-state index contributed by atoms with van der Waals surface area (Å²) in [6.07, 6.45) is 2.51. The van der Waals surface area contributed by atoms with Gasteiger partial charge >= 0.3 is 5.97 Å². The number of carboxylic acid groups (broad SMARTS) is 1. The van der Waals surface area contributed by atoms with Gasteiger partial charge in [-0.15, -0.1) is 0 Å². The summed E-state index contributed by atoms with van der Waals surface area (Å²) in [4.78, 5) is 17.1. The Morgan fingerprint density at radius 3 is 2.62 bits per heavy atom. The van der Waals surface area contributed by atoms with E-state index >= 15 is 0 Å². The normalized spacial score (nSPS) is 25.1. The molecule has 1 aromatic heterocycles. The first-order valence-electron chi connectivity index (χ1n) is 11.8. The van der Waals surface area contributed by atoms with Crippen LogP contribution in [-0.2, 0) is 6.54 Å². The number of aromatic nitrogens is 1. The quantitative estimate of drug-likeness (QED) is 0.453. The molecule has 1 spiro atoms. The van der Waals surface area contributed by atoms with E-state index in [1.54, 1.807) is 19.2 Å². The predicted molar refractivity (Wildman–Crippen MR) is 127 cm³/mol. The molecule has 1 saturated heterocycles. The van der Waals surface area contributed by atoms with Gasteiger partial charge in [0, 0.05) is 41.2 Å². The summed E-state index contributed by atoms with van der Waals surface area (Å²) in [5.41, 5.74) is 4.52. The third-order valence-corrected chi connectivity index (χ3v) is 7.98. The number of benzene rings is 2. The molecule has 5 nitrogen and oxygen atoms in total. The van der Waals surface area contributed by atoms with E-state index in [1.165, 1.54) is 0 Å². The van der Waals surface area contributed by atoms with E-state index in [1.807, 2.05) is 18.3 Å². The molecule has 1 aliphatic carbocycles. The lowest BCUT2D eigenvalue weighted by Gasteiger charge is -2.55. The molecular formula is C27H30F2N2O3. The molecule has 1 aliphatic heterocycles. The number of nitrogens with one attached hydrogen (secondary N) is 1. The number of fused-ring (bicyclic) bond motifs is 1. The SMILES string of the molecule is COc1cc(C)c2[nH]ccc2c1CN1CCC2(CC(C(F)F)C2)CC1c1ccc(C(=O)O)cc1. The molecule has 2 heterocycles. The number of ether oxygens (including phenoxy) is 1. The van der Waals surface area contributed by atoms with E-state index in [0.29, 0.717) is 19.4 Å². The Morgan fingerprint density at radius 1 is 1.24 bits per heavy atom. The molecule has 34 heavy (non-hydrogen) atoms. The highest BCUT2D eigenvalue weighted by molar-refractivity contribution is 5.88. The van der Waals surface area contributed by atoms with E-state index in [0.717, 1.165) is 52.7 Å². The average molecular weight is 469 g/mol. The largest absolute Gasteiger partial charge is 0.496 e. The predicted octanol–water partition coefficient (Wildman–Crippen LogP) is 6.18. The van der Waals surface area contributed by atoms with Gasteiger partial charge in [-0.05, 0) is 80.0 Å². The van der Waals surface area contributed by atoms with Crippen LogP contribution in [0.2, 0.25) is 0 Å². The molecule has 1 saturated carbocycles. The zero-order valence-electron chi connectivity index (χ0n) is 19.5. The van der Waals surface area contributed by atoms with Gasteiger partial charge in [0.1, 0.15) is 5.75 Å². The van der Waals surface area contributed by atoms with Gasteiger partial charge in [-0.2, -0.15) is 0 Å². The molecule has 0 amide bonds. The lowest BCUT2D eigenvalue weighted by Crippen LogP contribution is -2.49. The Bertz CT molecular complexity index is 1200. The van der Waals surface area contributed by atoms with Gasteiger partial charge in [0.25, 0.3) is 0 Å². The molecule has 2 N–H and O–H groups in total. The van der Waals surface area contributed by atoms with E-state index < -0.39 is 18.3 Å². The van der Waals surface area contributed by atoms with Crippen LogP contribution in [-0.4, -0.2) is 41.0 Å². The highest BCUT2D eigenvalue weighted by Crippen LogP contribution is 2.58. The summed E-state index contributed by atoms with van der Waals surface area (Å²) < 4.78 is 32.3. The first-order valence-corrected chi connectivity index (χ1v) is 11.8. The maximum absolute atomic E-state index is 13.3. The minimum Gasteiger partial charge on any atom is -0.496 e. The van der Waals surface area contributed by atoms with E-state index in [4.69, 9.17) is 4.74 Å². The third kappa shape index (κ3) is 3.96. The highest BCUT2D eigenvalue weighted by Gasteiger charge is 2.51. The number of aromatic carboxylic acids is 1. The van der Waals surface area contributed by atoms with Crippen LogP contribution >= 0.6 is 0 Å². The van der Waals surface area contributed by atoms with Crippen molar-refractivity contribution in [3.8, 4) is 5.75 Å². The van der Waals surface area contributed by atoms with Crippen LogP contribution < -0.4 is 4.74 Å². The Balaban J connectivity index is 1.48. The number of hydrogen-bond donors (Lipinski definition) is 2. The second-order valence-electron chi connectivity index (χ2n) is 10.0. The molecule has 2 aliphatic rings. The first-order chi connectivity index (χ1) is 16.3. The van der Waals surface area contributed by atoms with Crippen molar-refractivity contribution in [1.82, 2.24) is 9.88 Å². The molecule has 2 aromatic carbocycles. The number of nitrogens with zero attached hydrogens (tertiary/aromatic N) is 1. The van der Waals surface area contributed by atoms with Crippen LogP contribution in [0.5, 0.6) is 5.75 Å². The van der Waals surface area contributed by atoms with Gasteiger partial charge in [0.05, 0.1) is 12.7 Å². The monoisotopic (exact) mass is 468 g/mol. The number of carboxylic acids is 1. The molecule has 0 radical (unpaired) electrons. The second kappa shape index (κ2) is 8.69. The van der Waals surface area contributed by atoms with Crippen molar-refractivity contribution >= 4 is 16.9 Å². The molecule has 180 valence electrons. The van der Waals surface area contributed by atoms with Crippen LogP contribution in [0.4, 0.5) is 8.78 Å². The number of methoxy groups -OCH3 is 1. The Labute approximate surface area is 197 Å². The van der Waals surface area contributed by atoms with E-state index in [9.17, 15) is 18.7 Å². The van der Waals surface area contributed by atoms with Crippen LogP contribution in [0.1, 0.15) is 58.8 Å². The first kappa shape index (κ1) is 22.8. The summed E-state index contributed by atoms with van der Waals surface area (Å²) in [5, 5.41) is 10.4. The Hall–Kier alpha value is -2.93. The molecular weight excluding hydrogens is 438 g/mol. The van der Waals surface area contributed by atoms with Crippen LogP contribution in [0.15, 0.2) is 42.6 Å². The van der Waals surface area contributed by atoms with Crippen molar-refractivity contribution < 1.29 is 23.4 Å². The number of carbonyl (C=O) groups is 1.